The van der Waals surface area contributed by atoms with Gasteiger partial charge in [-0.2, -0.15) is 8.78 Å². The van der Waals surface area contributed by atoms with Gasteiger partial charge >= 0.3 is 6.05 Å². The van der Waals surface area contributed by atoms with Gasteiger partial charge in [0.1, 0.15) is 0 Å². The minimum atomic E-state index is -4.84. The predicted molar refractivity (Wildman–Crippen MR) is 22.5 cm³/mol. The summed E-state index contributed by atoms with van der Waals surface area (Å²) < 4.78 is 68.5. The maximum absolute atomic E-state index is 11.8. The molecule has 0 saturated carbocycles. The first-order chi connectivity index (χ1) is 4.80. The molecule has 0 N–H and O–H groups in total. The monoisotopic (exact) mass is 182 g/mol. The van der Waals surface area contributed by atoms with Crippen LogP contribution in [0.2, 0.25) is 0 Å². The minimum Gasteiger partial charge on any atom is -0.181 e. The van der Waals surface area contributed by atoms with Crippen LogP contribution in [0.25, 0.3) is 0 Å². The lowest BCUT2D eigenvalue weighted by Gasteiger charge is -2.21. The molecule has 0 aromatic rings. The SMILES string of the molecule is CC(N(F)F)C(F)(F)N(F)F. The largest absolute Gasteiger partial charge is 0.378 e. The molecule has 0 bridgehead atoms. The van der Waals surface area contributed by atoms with Crippen LogP contribution in [0, 0.1) is 0 Å². The second-order valence-corrected chi connectivity index (χ2v) is 1.76. The molecule has 0 aromatic carbocycles. The van der Waals surface area contributed by atoms with Crippen LogP contribution in [0.4, 0.5) is 26.7 Å². The van der Waals surface area contributed by atoms with Crippen molar-refractivity contribution in [1.29, 1.82) is 0 Å². The Labute approximate surface area is 57.7 Å². The van der Waals surface area contributed by atoms with Crippen molar-refractivity contribution in [2.24, 2.45) is 0 Å². The lowest BCUT2D eigenvalue weighted by Crippen LogP contribution is -2.45. The van der Waals surface area contributed by atoms with E-state index in [4.69, 9.17) is 0 Å². The lowest BCUT2D eigenvalue weighted by atomic mass is 10.3. The highest BCUT2D eigenvalue weighted by Crippen LogP contribution is 2.28. The van der Waals surface area contributed by atoms with Crippen molar-refractivity contribution in [3.63, 3.8) is 0 Å². The van der Waals surface area contributed by atoms with Crippen LogP contribution in [0.5, 0.6) is 0 Å². The van der Waals surface area contributed by atoms with Crippen molar-refractivity contribution in [3.05, 3.63) is 0 Å². The van der Waals surface area contributed by atoms with Gasteiger partial charge in [0, 0.05) is 5.34 Å². The average molecular weight is 182 g/mol. The molecule has 0 spiro atoms. The normalized spacial score (nSPS) is 16.1. The fourth-order valence-corrected chi connectivity index (χ4v) is 0.259. The van der Waals surface area contributed by atoms with Crippen LogP contribution in [-0.4, -0.2) is 22.8 Å². The third-order valence-electron chi connectivity index (χ3n) is 1.02. The zero-order valence-electron chi connectivity index (χ0n) is 5.24. The molecule has 68 valence electrons. The molecule has 2 nitrogen and oxygen atoms in total. The van der Waals surface area contributed by atoms with Crippen molar-refractivity contribution in [3.8, 4) is 0 Å². The first-order valence-corrected chi connectivity index (χ1v) is 2.40. The molecule has 11 heavy (non-hydrogen) atoms. The van der Waals surface area contributed by atoms with Crippen LogP contribution >= 0.6 is 0 Å². The van der Waals surface area contributed by atoms with E-state index >= 15 is 0 Å². The smallest absolute Gasteiger partial charge is 0.181 e. The quantitative estimate of drug-likeness (QED) is 0.374. The van der Waals surface area contributed by atoms with E-state index in [1.807, 2.05) is 0 Å². The van der Waals surface area contributed by atoms with Crippen LogP contribution in [-0.2, 0) is 0 Å². The Kier molecular flexibility index (Phi) is 3.12. The van der Waals surface area contributed by atoms with Gasteiger partial charge in [0.05, 0.1) is 5.34 Å². The van der Waals surface area contributed by atoms with Crippen molar-refractivity contribution in [2.45, 2.75) is 19.0 Å². The van der Waals surface area contributed by atoms with E-state index in [0.29, 0.717) is 0 Å². The van der Waals surface area contributed by atoms with Gasteiger partial charge in [0.15, 0.2) is 6.04 Å². The molecular formula is C3H4F6N2. The topological polar surface area (TPSA) is 6.48 Å². The van der Waals surface area contributed by atoms with Crippen LogP contribution in [0.3, 0.4) is 0 Å². The van der Waals surface area contributed by atoms with Gasteiger partial charge in [0.25, 0.3) is 0 Å². The molecule has 1 unspecified atom stereocenters. The highest BCUT2D eigenvalue weighted by molar-refractivity contribution is 4.68. The summed E-state index contributed by atoms with van der Waals surface area (Å²) in [6.45, 7) is 0.270. The van der Waals surface area contributed by atoms with Crippen molar-refractivity contribution in [1.82, 2.24) is 10.7 Å². The van der Waals surface area contributed by atoms with E-state index in [-0.39, 0.29) is 6.92 Å². The Morgan fingerprint density at radius 3 is 1.55 bits per heavy atom. The van der Waals surface area contributed by atoms with E-state index in [0.717, 1.165) is 0 Å². The first-order valence-electron chi connectivity index (χ1n) is 2.40. The van der Waals surface area contributed by atoms with Crippen LogP contribution < -0.4 is 0 Å². The average Bonchev–Trinajstić information content (AvgIpc) is 1.85. The highest BCUT2D eigenvalue weighted by atomic mass is 19.4. The highest BCUT2D eigenvalue weighted by Gasteiger charge is 2.49. The number of halogens is 6. The van der Waals surface area contributed by atoms with Gasteiger partial charge < -0.3 is 0 Å². The van der Waals surface area contributed by atoms with E-state index < -0.39 is 22.8 Å². The third kappa shape index (κ3) is 2.22. The maximum Gasteiger partial charge on any atom is 0.378 e. The number of rotatable bonds is 3. The molecule has 0 aliphatic heterocycles. The molecule has 0 aromatic heterocycles. The molecule has 8 heteroatoms. The van der Waals surface area contributed by atoms with Gasteiger partial charge in [0.2, 0.25) is 0 Å². The lowest BCUT2D eigenvalue weighted by molar-refractivity contribution is -0.378. The Hall–Kier alpha value is -0.500. The number of hydrogen-bond donors (Lipinski definition) is 0. The Bertz CT molecular complexity index is 125. The maximum atomic E-state index is 11.8. The predicted octanol–water partition coefficient (Wildman–Crippen LogP) is 2.11. The fraction of sp³-hybridized carbons (Fsp3) is 1.00. The molecule has 0 aliphatic rings. The second kappa shape index (κ2) is 3.26. The van der Waals surface area contributed by atoms with Crippen LogP contribution in [0.1, 0.15) is 6.92 Å². The molecule has 1 atom stereocenters. The van der Waals surface area contributed by atoms with Crippen LogP contribution in [0.15, 0.2) is 0 Å². The van der Waals surface area contributed by atoms with Crippen molar-refractivity contribution < 1.29 is 26.7 Å². The molecule has 0 amide bonds. The molecule has 0 saturated heterocycles. The first kappa shape index (κ1) is 10.5. The Balaban J connectivity index is 4.29. The van der Waals surface area contributed by atoms with Gasteiger partial charge in [-0.25, -0.2) is 0 Å². The molecule has 0 fully saturated rings. The summed E-state index contributed by atoms with van der Waals surface area (Å²) in [4.78, 5) is 0. The summed E-state index contributed by atoms with van der Waals surface area (Å²) in [7, 11) is 0. The number of hydrogen-bond acceptors (Lipinski definition) is 2. The van der Waals surface area contributed by atoms with Gasteiger partial charge in [-0.3, -0.25) is 0 Å². The summed E-state index contributed by atoms with van der Waals surface area (Å²) in [5.41, 5.74) is 0. The van der Waals surface area contributed by atoms with E-state index in [2.05, 4.69) is 0 Å². The molecule has 0 rings (SSSR count). The van der Waals surface area contributed by atoms with Gasteiger partial charge in [-0.05, 0) is 6.92 Å². The van der Waals surface area contributed by atoms with Gasteiger partial charge in [-0.1, -0.05) is 8.96 Å². The van der Waals surface area contributed by atoms with E-state index in [9.17, 15) is 26.7 Å². The molecule has 0 radical (unpaired) electrons. The molecule has 0 aliphatic carbocycles. The third-order valence-corrected chi connectivity index (χ3v) is 1.02. The Morgan fingerprint density at radius 1 is 1.09 bits per heavy atom. The Morgan fingerprint density at radius 2 is 1.45 bits per heavy atom. The summed E-state index contributed by atoms with van der Waals surface area (Å²) in [6.07, 6.45) is 0. The zero-order chi connectivity index (χ0) is 9.23. The summed E-state index contributed by atoms with van der Waals surface area (Å²) in [6, 6.07) is -7.69. The zero-order valence-corrected chi connectivity index (χ0v) is 5.24. The standard InChI is InChI=1S/C3H4F6N2/c1-2(10(6)7)3(4,5)11(8)9/h2H,1H3. The van der Waals surface area contributed by atoms with Gasteiger partial charge in [-0.15, -0.1) is 8.96 Å². The minimum absolute atomic E-state index is 0.270. The number of alkyl halides is 2. The van der Waals surface area contributed by atoms with E-state index in [1.54, 1.807) is 0 Å². The fourth-order valence-electron chi connectivity index (χ4n) is 0.259. The van der Waals surface area contributed by atoms with Crippen molar-refractivity contribution in [2.75, 3.05) is 0 Å². The number of nitrogens with zero attached hydrogens (tertiary/aromatic N) is 2. The summed E-state index contributed by atoms with van der Waals surface area (Å²) >= 11 is 0. The second-order valence-electron chi connectivity index (χ2n) is 1.76. The summed E-state index contributed by atoms with van der Waals surface area (Å²) in [5, 5.41) is -4.53. The summed E-state index contributed by atoms with van der Waals surface area (Å²) in [5.74, 6) is 0. The van der Waals surface area contributed by atoms with E-state index in [1.165, 1.54) is 0 Å². The van der Waals surface area contributed by atoms with Crippen molar-refractivity contribution >= 4 is 0 Å². The molecular weight excluding hydrogens is 178 g/mol. The molecule has 0 heterocycles.